The van der Waals surface area contributed by atoms with Crippen molar-refractivity contribution in [3.8, 4) is 0 Å². The fourth-order valence-corrected chi connectivity index (χ4v) is 1.59. The minimum absolute atomic E-state index is 0.0959. The molecule has 17 heavy (non-hydrogen) atoms. The Labute approximate surface area is 102 Å². The maximum atomic E-state index is 13.7. The number of alkyl halides is 1. The number of benzene rings is 1. The third-order valence-corrected chi connectivity index (χ3v) is 2.61. The van der Waals surface area contributed by atoms with Crippen LogP contribution in [0.2, 0.25) is 0 Å². The summed E-state index contributed by atoms with van der Waals surface area (Å²) in [5, 5.41) is 3.11. The van der Waals surface area contributed by atoms with Gasteiger partial charge in [0.25, 0.3) is 0 Å². The van der Waals surface area contributed by atoms with E-state index >= 15 is 0 Å². The molecule has 1 unspecified atom stereocenters. The highest BCUT2D eigenvalue weighted by Crippen LogP contribution is 2.14. The Kier molecular flexibility index (Phi) is 4.63. The van der Waals surface area contributed by atoms with Gasteiger partial charge in [-0.05, 0) is 51.0 Å². The highest BCUT2D eigenvalue weighted by atomic mass is 19.1. The first kappa shape index (κ1) is 14.1. The average molecular weight is 241 g/mol. The highest BCUT2D eigenvalue weighted by Gasteiger charge is 2.14. The van der Waals surface area contributed by atoms with Gasteiger partial charge in [-0.2, -0.15) is 0 Å². The van der Waals surface area contributed by atoms with Gasteiger partial charge in [0, 0.05) is 18.5 Å². The van der Waals surface area contributed by atoms with Crippen LogP contribution in [-0.2, 0) is 6.42 Å². The molecule has 3 heteroatoms. The van der Waals surface area contributed by atoms with Crippen LogP contribution >= 0.6 is 0 Å². The quantitative estimate of drug-likeness (QED) is 0.852. The molecule has 0 amide bonds. The fraction of sp³-hybridized carbons (Fsp3) is 0.571. The molecule has 1 rings (SSSR count). The zero-order chi connectivity index (χ0) is 13.1. The first-order chi connectivity index (χ1) is 7.78. The predicted octanol–water partition coefficient (Wildman–Crippen LogP) is 3.40. The molecule has 1 N–H and O–H groups in total. The maximum Gasteiger partial charge on any atom is 0.123 e. The topological polar surface area (TPSA) is 12.0 Å². The Morgan fingerprint density at radius 1 is 1.29 bits per heavy atom. The van der Waals surface area contributed by atoms with Crippen molar-refractivity contribution in [2.45, 2.75) is 45.8 Å². The zero-order valence-corrected chi connectivity index (χ0v) is 11.0. The van der Waals surface area contributed by atoms with Gasteiger partial charge in [0.1, 0.15) is 12.0 Å². The first-order valence-electron chi connectivity index (χ1n) is 5.92. The smallest absolute Gasteiger partial charge is 0.123 e. The van der Waals surface area contributed by atoms with Crippen molar-refractivity contribution >= 4 is 0 Å². The van der Waals surface area contributed by atoms with Crippen LogP contribution < -0.4 is 5.32 Å². The van der Waals surface area contributed by atoms with Gasteiger partial charge in [0.05, 0.1) is 0 Å². The number of aryl methyl sites for hydroxylation is 1. The molecule has 1 nitrogen and oxygen atoms in total. The zero-order valence-electron chi connectivity index (χ0n) is 11.0. The Bertz CT molecular complexity index is 369. The monoisotopic (exact) mass is 241 g/mol. The molecule has 0 saturated heterocycles. The van der Waals surface area contributed by atoms with Gasteiger partial charge in [-0.1, -0.05) is 6.07 Å². The third-order valence-electron chi connectivity index (χ3n) is 2.61. The van der Waals surface area contributed by atoms with E-state index in [4.69, 9.17) is 0 Å². The maximum absolute atomic E-state index is 13.7. The summed E-state index contributed by atoms with van der Waals surface area (Å²) in [4.78, 5) is 0. The van der Waals surface area contributed by atoms with E-state index in [2.05, 4.69) is 5.32 Å². The van der Waals surface area contributed by atoms with E-state index < -0.39 is 6.17 Å². The second-order valence-corrected chi connectivity index (χ2v) is 5.50. The molecule has 0 aliphatic carbocycles. The van der Waals surface area contributed by atoms with Gasteiger partial charge in [0.2, 0.25) is 0 Å². The normalized spacial score (nSPS) is 13.8. The van der Waals surface area contributed by atoms with E-state index in [9.17, 15) is 8.78 Å². The van der Waals surface area contributed by atoms with Gasteiger partial charge in [-0.15, -0.1) is 0 Å². The van der Waals surface area contributed by atoms with Crippen LogP contribution in [0.4, 0.5) is 8.78 Å². The standard InChI is InChI=1S/C14H21F2N/c1-10-5-6-12(15)7-11(10)8-13(16)9-17-14(2,3)4/h5-7,13,17H,8-9H2,1-4H3. The van der Waals surface area contributed by atoms with Crippen molar-refractivity contribution in [3.63, 3.8) is 0 Å². The molecular weight excluding hydrogens is 220 g/mol. The largest absolute Gasteiger partial charge is 0.309 e. The SMILES string of the molecule is Cc1ccc(F)cc1CC(F)CNC(C)(C)C. The molecule has 1 aromatic carbocycles. The number of nitrogens with one attached hydrogen (secondary N) is 1. The fourth-order valence-electron chi connectivity index (χ4n) is 1.59. The third kappa shape index (κ3) is 5.26. The second kappa shape index (κ2) is 5.58. The van der Waals surface area contributed by atoms with Gasteiger partial charge < -0.3 is 5.32 Å². The van der Waals surface area contributed by atoms with Crippen molar-refractivity contribution in [1.82, 2.24) is 5.32 Å². The Morgan fingerprint density at radius 2 is 1.94 bits per heavy atom. The molecular formula is C14H21F2N. The van der Waals surface area contributed by atoms with Crippen molar-refractivity contribution < 1.29 is 8.78 Å². The minimum atomic E-state index is -0.991. The predicted molar refractivity (Wildman–Crippen MR) is 67.5 cm³/mol. The van der Waals surface area contributed by atoms with Crippen LogP contribution in [0.1, 0.15) is 31.9 Å². The Hall–Kier alpha value is -0.960. The highest BCUT2D eigenvalue weighted by molar-refractivity contribution is 5.27. The Balaban J connectivity index is 2.56. The van der Waals surface area contributed by atoms with E-state index in [-0.39, 0.29) is 17.8 Å². The lowest BCUT2D eigenvalue weighted by Crippen LogP contribution is -2.40. The van der Waals surface area contributed by atoms with Crippen LogP contribution in [0.3, 0.4) is 0 Å². The first-order valence-corrected chi connectivity index (χ1v) is 5.92. The van der Waals surface area contributed by atoms with Crippen LogP contribution in [0.5, 0.6) is 0 Å². The summed E-state index contributed by atoms with van der Waals surface area (Å²) < 4.78 is 26.8. The van der Waals surface area contributed by atoms with Crippen LogP contribution in [-0.4, -0.2) is 18.3 Å². The summed E-state index contributed by atoms with van der Waals surface area (Å²) in [6.07, 6.45) is -0.734. The number of hydrogen-bond acceptors (Lipinski definition) is 1. The molecule has 0 fully saturated rings. The lowest BCUT2D eigenvalue weighted by Gasteiger charge is -2.22. The van der Waals surface area contributed by atoms with Crippen molar-refractivity contribution in [2.75, 3.05) is 6.54 Å². The average Bonchev–Trinajstić information content (AvgIpc) is 2.20. The van der Waals surface area contributed by atoms with Gasteiger partial charge >= 0.3 is 0 Å². The molecule has 0 spiro atoms. The molecule has 1 atom stereocenters. The minimum Gasteiger partial charge on any atom is -0.309 e. The molecule has 0 aromatic heterocycles. The molecule has 0 aliphatic rings. The van der Waals surface area contributed by atoms with E-state index in [0.717, 1.165) is 11.1 Å². The van der Waals surface area contributed by atoms with E-state index in [1.165, 1.54) is 12.1 Å². The van der Waals surface area contributed by atoms with E-state index in [1.807, 2.05) is 27.7 Å². The molecule has 0 saturated carbocycles. The molecule has 0 heterocycles. The van der Waals surface area contributed by atoms with E-state index in [1.54, 1.807) is 6.07 Å². The number of halogens is 2. The summed E-state index contributed by atoms with van der Waals surface area (Å²) in [6.45, 7) is 8.14. The van der Waals surface area contributed by atoms with Gasteiger partial charge in [-0.3, -0.25) is 0 Å². The van der Waals surface area contributed by atoms with Crippen molar-refractivity contribution in [1.29, 1.82) is 0 Å². The Morgan fingerprint density at radius 3 is 2.53 bits per heavy atom. The second-order valence-electron chi connectivity index (χ2n) is 5.50. The van der Waals surface area contributed by atoms with Gasteiger partial charge in [-0.25, -0.2) is 8.78 Å². The molecule has 0 aliphatic heterocycles. The molecule has 96 valence electrons. The van der Waals surface area contributed by atoms with Crippen LogP contribution in [0.25, 0.3) is 0 Å². The summed E-state index contributed by atoms with van der Waals surface area (Å²) in [6, 6.07) is 4.51. The molecule has 1 aromatic rings. The van der Waals surface area contributed by atoms with Crippen molar-refractivity contribution in [3.05, 3.63) is 35.1 Å². The lowest BCUT2D eigenvalue weighted by atomic mass is 10.0. The number of hydrogen-bond donors (Lipinski definition) is 1. The van der Waals surface area contributed by atoms with E-state index in [0.29, 0.717) is 6.54 Å². The number of rotatable bonds is 4. The molecule has 0 bridgehead atoms. The lowest BCUT2D eigenvalue weighted by molar-refractivity contribution is 0.284. The summed E-state index contributed by atoms with van der Waals surface area (Å²) in [5.41, 5.74) is 1.58. The van der Waals surface area contributed by atoms with Gasteiger partial charge in [0.15, 0.2) is 0 Å². The van der Waals surface area contributed by atoms with Crippen molar-refractivity contribution in [2.24, 2.45) is 0 Å². The van der Waals surface area contributed by atoms with Crippen LogP contribution in [0.15, 0.2) is 18.2 Å². The summed E-state index contributed by atoms with van der Waals surface area (Å²) in [5.74, 6) is -0.304. The summed E-state index contributed by atoms with van der Waals surface area (Å²) in [7, 11) is 0. The summed E-state index contributed by atoms with van der Waals surface area (Å²) >= 11 is 0. The van der Waals surface area contributed by atoms with Crippen LogP contribution in [0, 0.1) is 12.7 Å². The molecule has 0 radical (unpaired) electrons.